The fourth-order valence-electron chi connectivity index (χ4n) is 5.24. The topological polar surface area (TPSA) is 151 Å². The smallest absolute Gasteiger partial charge is 0.331 e. The largest absolute Gasteiger partial charge is 0.362 e. The molecule has 5 heterocycles. The Morgan fingerprint density at radius 1 is 1.12 bits per heavy atom. The Bertz CT molecular complexity index is 1770. The molecule has 214 valence electrons. The normalized spacial score (nSPS) is 20.0. The van der Waals surface area contributed by atoms with Crippen LogP contribution in [-0.2, 0) is 16.1 Å². The van der Waals surface area contributed by atoms with E-state index < -0.39 is 11.8 Å². The summed E-state index contributed by atoms with van der Waals surface area (Å²) < 4.78 is 17.1. The molecular weight excluding hydrogens is 543 g/mol. The molecule has 2 N–H and O–H groups in total. The van der Waals surface area contributed by atoms with Crippen molar-refractivity contribution in [2.75, 3.05) is 29.1 Å². The number of likely N-dealkylation sites (N-methyl/N-ethyl adjacent to an activating group) is 1. The number of pyridine rings is 1. The average Bonchev–Trinajstić information content (AvgIpc) is 3.90. The number of anilines is 3. The third kappa shape index (κ3) is 4.67. The SMILES string of the molecule is Cc1ccnc([C@H]2C[C@@H]2C(=O)Nc2ncnc(NCc3cn4cc(C5CC5)cc(N5CC(=O)N(C)C5=O)c4n3)c2F)n1. The van der Waals surface area contributed by atoms with E-state index in [9.17, 15) is 14.4 Å². The predicted molar refractivity (Wildman–Crippen MR) is 148 cm³/mol. The Morgan fingerprint density at radius 3 is 2.67 bits per heavy atom. The molecular formula is C28H27FN10O3. The molecule has 4 amide bonds. The zero-order valence-corrected chi connectivity index (χ0v) is 22.9. The molecule has 3 fully saturated rings. The Kier molecular flexibility index (Phi) is 6.06. The van der Waals surface area contributed by atoms with E-state index in [-0.39, 0.29) is 48.4 Å². The number of hydrogen-bond acceptors (Lipinski definition) is 9. The van der Waals surface area contributed by atoms with Gasteiger partial charge in [-0.05, 0) is 49.8 Å². The highest BCUT2D eigenvalue weighted by Crippen LogP contribution is 2.46. The summed E-state index contributed by atoms with van der Waals surface area (Å²) >= 11 is 0. The van der Waals surface area contributed by atoms with E-state index in [2.05, 4.69) is 35.6 Å². The molecule has 14 heteroatoms. The van der Waals surface area contributed by atoms with E-state index in [4.69, 9.17) is 0 Å². The second kappa shape index (κ2) is 9.82. The molecule has 0 spiro atoms. The van der Waals surface area contributed by atoms with Crippen LogP contribution >= 0.6 is 0 Å². The highest BCUT2D eigenvalue weighted by atomic mass is 19.1. The number of carbonyl (C=O) groups excluding carboxylic acids is 3. The first-order valence-corrected chi connectivity index (χ1v) is 13.7. The van der Waals surface area contributed by atoms with Crippen LogP contribution in [0.25, 0.3) is 5.65 Å². The van der Waals surface area contributed by atoms with Crippen molar-refractivity contribution in [1.82, 2.24) is 34.2 Å². The van der Waals surface area contributed by atoms with E-state index >= 15 is 4.39 Å². The summed E-state index contributed by atoms with van der Waals surface area (Å²) in [4.78, 5) is 61.5. The summed E-state index contributed by atoms with van der Waals surface area (Å²) in [6, 6.07) is 3.31. The number of fused-ring (bicyclic) bond motifs is 1. The molecule has 4 aromatic heterocycles. The number of aryl methyl sites for hydroxylation is 1. The van der Waals surface area contributed by atoms with Gasteiger partial charge in [-0.25, -0.2) is 29.7 Å². The van der Waals surface area contributed by atoms with E-state index in [1.807, 2.05) is 23.6 Å². The summed E-state index contributed by atoms with van der Waals surface area (Å²) in [5, 5.41) is 5.51. The van der Waals surface area contributed by atoms with Gasteiger partial charge in [0.1, 0.15) is 18.7 Å². The van der Waals surface area contributed by atoms with Gasteiger partial charge in [0.25, 0.3) is 0 Å². The Balaban J connectivity index is 1.08. The number of hydrogen-bond donors (Lipinski definition) is 2. The van der Waals surface area contributed by atoms with Gasteiger partial charge in [-0.3, -0.25) is 19.4 Å². The number of imide groups is 1. The van der Waals surface area contributed by atoms with Crippen LogP contribution in [0.15, 0.2) is 37.1 Å². The highest BCUT2D eigenvalue weighted by Gasteiger charge is 2.46. The summed E-state index contributed by atoms with van der Waals surface area (Å²) in [6.07, 6.45) is 9.32. The molecule has 0 unspecified atom stereocenters. The van der Waals surface area contributed by atoms with Gasteiger partial charge >= 0.3 is 6.03 Å². The van der Waals surface area contributed by atoms with Crippen LogP contribution in [0.2, 0.25) is 0 Å². The summed E-state index contributed by atoms with van der Waals surface area (Å²) in [5.74, 6) is -1.20. The Labute approximate surface area is 239 Å². The van der Waals surface area contributed by atoms with Crippen LogP contribution in [0.4, 0.5) is 26.5 Å². The molecule has 7 rings (SSSR count). The molecule has 13 nitrogen and oxygen atoms in total. The van der Waals surface area contributed by atoms with Gasteiger partial charge in [0, 0.05) is 43.2 Å². The lowest BCUT2D eigenvalue weighted by atomic mass is 10.1. The number of nitrogens with zero attached hydrogens (tertiary/aromatic N) is 8. The number of imidazole rings is 1. The average molecular weight is 571 g/mol. The van der Waals surface area contributed by atoms with Gasteiger partial charge < -0.3 is 15.0 Å². The molecule has 1 aliphatic heterocycles. The third-order valence-electron chi connectivity index (χ3n) is 7.87. The minimum atomic E-state index is -0.792. The standard InChI is InChI=1S/C28H27FN10O3/c1-14-5-6-30-23(34-14)18-8-19(18)27(41)36-25-22(29)24(32-13-33-25)31-9-17-11-38-10-16(15-3-4-15)7-20(26(38)35-17)39-12-21(40)37(2)28(39)42/h5-7,10-11,13,15,18-19H,3-4,8-9,12H2,1-2H3,(H2,31,32,33,36,41)/t18-,19-/m0/s1. The maximum absolute atomic E-state index is 15.3. The zero-order chi connectivity index (χ0) is 29.1. The van der Waals surface area contributed by atoms with Gasteiger partial charge in [0.05, 0.1) is 17.9 Å². The quantitative estimate of drug-likeness (QED) is 0.305. The van der Waals surface area contributed by atoms with Gasteiger partial charge in [0.15, 0.2) is 17.3 Å². The maximum atomic E-state index is 15.3. The highest BCUT2D eigenvalue weighted by molar-refractivity contribution is 6.13. The number of urea groups is 1. The fraction of sp³-hybridized carbons (Fsp3) is 0.357. The first-order valence-electron chi connectivity index (χ1n) is 13.7. The van der Waals surface area contributed by atoms with Gasteiger partial charge in [0.2, 0.25) is 17.6 Å². The molecule has 2 atom stereocenters. The number of carbonyl (C=O) groups is 3. The summed E-state index contributed by atoms with van der Waals surface area (Å²) in [5.41, 5.74) is 3.53. The number of aromatic nitrogens is 6. The molecule has 4 aromatic rings. The van der Waals surface area contributed by atoms with Gasteiger partial charge in [-0.15, -0.1) is 0 Å². The van der Waals surface area contributed by atoms with Crippen LogP contribution in [-0.4, -0.2) is 65.7 Å². The van der Waals surface area contributed by atoms with E-state index in [0.717, 1.165) is 29.0 Å². The molecule has 0 radical (unpaired) electrons. The van der Waals surface area contributed by atoms with Crippen molar-refractivity contribution in [1.29, 1.82) is 0 Å². The van der Waals surface area contributed by atoms with Gasteiger partial charge in [-0.2, -0.15) is 4.39 Å². The molecule has 2 saturated carbocycles. The van der Waals surface area contributed by atoms with Crippen LogP contribution in [0.5, 0.6) is 0 Å². The van der Waals surface area contributed by atoms with Crippen molar-refractivity contribution in [3.8, 4) is 0 Å². The first-order chi connectivity index (χ1) is 20.3. The second-order valence-corrected chi connectivity index (χ2v) is 11.0. The predicted octanol–water partition coefficient (Wildman–Crippen LogP) is 2.99. The van der Waals surface area contributed by atoms with E-state index in [1.54, 1.807) is 18.5 Å². The summed E-state index contributed by atoms with van der Waals surface area (Å²) in [6.45, 7) is 1.92. The van der Waals surface area contributed by atoms with E-state index in [0.29, 0.717) is 35.2 Å². The lowest BCUT2D eigenvalue weighted by Gasteiger charge is -2.17. The Hall–Kier alpha value is -5.01. The molecule has 2 aliphatic carbocycles. The number of nitrogens with one attached hydrogen (secondary N) is 2. The minimum absolute atomic E-state index is 0.0557. The molecule has 3 aliphatic rings. The number of amides is 4. The number of rotatable bonds is 8. The molecule has 0 bridgehead atoms. The zero-order valence-electron chi connectivity index (χ0n) is 22.9. The minimum Gasteiger partial charge on any atom is -0.362 e. The lowest BCUT2D eigenvalue weighted by molar-refractivity contribution is -0.124. The maximum Gasteiger partial charge on any atom is 0.331 e. The van der Waals surface area contributed by atoms with Crippen molar-refractivity contribution in [3.05, 3.63) is 65.6 Å². The lowest BCUT2D eigenvalue weighted by Crippen LogP contribution is -2.30. The molecule has 1 saturated heterocycles. The number of halogens is 1. The molecule has 0 aromatic carbocycles. The molecule has 42 heavy (non-hydrogen) atoms. The van der Waals surface area contributed by atoms with Crippen molar-refractivity contribution < 1.29 is 18.8 Å². The van der Waals surface area contributed by atoms with E-state index in [1.165, 1.54) is 18.3 Å². The van der Waals surface area contributed by atoms with Crippen LogP contribution in [0.1, 0.15) is 53.9 Å². The van der Waals surface area contributed by atoms with Crippen molar-refractivity contribution in [3.63, 3.8) is 0 Å². The monoisotopic (exact) mass is 570 g/mol. The Morgan fingerprint density at radius 2 is 1.93 bits per heavy atom. The van der Waals surface area contributed by atoms with Crippen LogP contribution in [0, 0.1) is 18.7 Å². The second-order valence-electron chi connectivity index (χ2n) is 11.0. The van der Waals surface area contributed by atoms with Crippen LogP contribution in [0.3, 0.4) is 0 Å². The van der Waals surface area contributed by atoms with Gasteiger partial charge in [-0.1, -0.05) is 0 Å². The van der Waals surface area contributed by atoms with Crippen molar-refractivity contribution >= 4 is 40.8 Å². The first kappa shape index (κ1) is 25.9. The van der Waals surface area contributed by atoms with Crippen molar-refractivity contribution in [2.45, 2.75) is 44.6 Å². The van der Waals surface area contributed by atoms with Crippen LogP contribution < -0.4 is 15.5 Å². The fourth-order valence-corrected chi connectivity index (χ4v) is 5.24. The summed E-state index contributed by atoms with van der Waals surface area (Å²) in [7, 11) is 1.46. The van der Waals surface area contributed by atoms with Crippen molar-refractivity contribution in [2.24, 2.45) is 5.92 Å². The third-order valence-corrected chi connectivity index (χ3v) is 7.87.